The second-order valence-electron chi connectivity index (χ2n) is 4.84. The van der Waals surface area contributed by atoms with Crippen LogP contribution in [-0.2, 0) is 0 Å². The van der Waals surface area contributed by atoms with Crippen LogP contribution in [0.5, 0.6) is 0 Å². The minimum atomic E-state index is -0.421. The number of halogens is 1. The molecule has 18 heavy (non-hydrogen) atoms. The molecule has 0 spiro atoms. The Hall–Kier alpha value is -1.42. The van der Waals surface area contributed by atoms with Gasteiger partial charge in [0, 0.05) is 19.1 Å². The van der Waals surface area contributed by atoms with Crippen molar-refractivity contribution >= 4 is 5.91 Å². The summed E-state index contributed by atoms with van der Waals surface area (Å²) in [6.45, 7) is 3.30. The Bertz CT molecular complexity index is 447. The smallest absolute Gasteiger partial charge is 0.257 e. The monoisotopic (exact) mass is 250 g/mol. The van der Waals surface area contributed by atoms with Gasteiger partial charge in [-0.1, -0.05) is 6.07 Å². The molecule has 1 unspecified atom stereocenters. The molecule has 1 aliphatic rings. The van der Waals surface area contributed by atoms with Crippen molar-refractivity contribution in [2.45, 2.75) is 25.8 Å². The highest BCUT2D eigenvalue weighted by Crippen LogP contribution is 2.21. The van der Waals surface area contributed by atoms with Gasteiger partial charge in [0.15, 0.2) is 0 Å². The fraction of sp³-hybridized carbons (Fsp3) is 0.500. The van der Waals surface area contributed by atoms with E-state index >= 15 is 0 Å². The summed E-state index contributed by atoms with van der Waals surface area (Å²) < 4.78 is 13.8. The molecule has 0 aliphatic carbocycles. The first-order valence-corrected chi connectivity index (χ1v) is 6.35. The molecule has 1 fully saturated rings. The lowest BCUT2D eigenvalue weighted by Gasteiger charge is -2.24. The second kappa shape index (κ2) is 5.48. The van der Waals surface area contributed by atoms with Crippen LogP contribution in [0.15, 0.2) is 18.2 Å². The molecule has 4 heteroatoms. The number of likely N-dealkylation sites (tertiary alicyclic amines) is 1. The van der Waals surface area contributed by atoms with Crippen LogP contribution in [0.3, 0.4) is 0 Å². The molecule has 3 nitrogen and oxygen atoms in total. The number of amides is 1. The fourth-order valence-corrected chi connectivity index (χ4v) is 2.50. The number of rotatable bonds is 3. The molecule has 1 amide bonds. The lowest BCUT2D eigenvalue weighted by atomic mass is 10.1. The van der Waals surface area contributed by atoms with Crippen LogP contribution in [0, 0.1) is 12.7 Å². The Morgan fingerprint density at radius 3 is 3.00 bits per heavy atom. The standard InChI is InChI=1S/C14H19FN2O/c1-10-5-6-12(13(15)8-10)14(18)17-7-3-4-11(17)9-16-2/h5-6,8,11,16H,3-4,7,9H2,1-2H3. The molecule has 1 aromatic carbocycles. The molecule has 1 heterocycles. The molecule has 1 atom stereocenters. The van der Waals surface area contributed by atoms with Crippen LogP contribution in [0.1, 0.15) is 28.8 Å². The van der Waals surface area contributed by atoms with Gasteiger partial charge in [-0.25, -0.2) is 4.39 Å². The molecule has 1 saturated heterocycles. The zero-order chi connectivity index (χ0) is 13.1. The number of likely N-dealkylation sites (N-methyl/N-ethyl adjacent to an activating group) is 1. The van der Waals surface area contributed by atoms with Gasteiger partial charge in [-0.3, -0.25) is 4.79 Å². The van der Waals surface area contributed by atoms with Gasteiger partial charge in [0.25, 0.3) is 5.91 Å². The number of nitrogens with zero attached hydrogens (tertiary/aromatic N) is 1. The van der Waals surface area contributed by atoms with Crippen LogP contribution >= 0.6 is 0 Å². The summed E-state index contributed by atoms with van der Waals surface area (Å²) in [6.07, 6.45) is 1.98. The average molecular weight is 250 g/mol. The maximum atomic E-state index is 13.8. The van der Waals surface area contributed by atoms with Crippen molar-refractivity contribution in [1.82, 2.24) is 10.2 Å². The Labute approximate surface area is 107 Å². The number of carbonyl (C=O) groups excluding carboxylic acids is 1. The summed E-state index contributed by atoms with van der Waals surface area (Å²) in [5.74, 6) is -0.611. The Balaban J connectivity index is 2.20. The Morgan fingerprint density at radius 1 is 1.56 bits per heavy atom. The van der Waals surface area contributed by atoms with E-state index in [1.807, 2.05) is 14.0 Å². The molecule has 1 N–H and O–H groups in total. The molecule has 1 aliphatic heterocycles. The lowest BCUT2D eigenvalue weighted by Crippen LogP contribution is -2.41. The van der Waals surface area contributed by atoms with Crippen molar-refractivity contribution in [3.63, 3.8) is 0 Å². The van der Waals surface area contributed by atoms with E-state index in [1.165, 1.54) is 6.07 Å². The van der Waals surface area contributed by atoms with E-state index in [1.54, 1.807) is 17.0 Å². The first-order valence-electron chi connectivity index (χ1n) is 6.35. The van der Waals surface area contributed by atoms with Crippen LogP contribution in [0.4, 0.5) is 4.39 Å². The van der Waals surface area contributed by atoms with Crippen LogP contribution in [-0.4, -0.2) is 37.0 Å². The van der Waals surface area contributed by atoms with Crippen molar-refractivity contribution < 1.29 is 9.18 Å². The highest BCUT2D eigenvalue weighted by atomic mass is 19.1. The number of aryl methyl sites for hydroxylation is 1. The topological polar surface area (TPSA) is 32.3 Å². The molecule has 1 aromatic rings. The highest BCUT2D eigenvalue weighted by molar-refractivity contribution is 5.95. The molecule has 98 valence electrons. The number of nitrogens with one attached hydrogen (secondary N) is 1. The van der Waals surface area contributed by atoms with Gasteiger partial charge < -0.3 is 10.2 Å². The van der Waals surface area contributed by atoms with Gasteiger partial charge in [-0.15, -0.1) is 0 Å². The van der Waals surface area contributed by atoms with Crippen molar-refractivity contribution in [2.24, 2.45) is 0 Å². The van der Waals surface area contributed by atoms with E-state index in [4.69, 9.17) is 0 Å². The van der Waals surface area contributed by atoms with E-state index in [9.17, 15) is 9.18 Å². The molecule has 2 rings (SSSR count). The molecule has 0 saturated carbocycles. The predicted molar refractivity (Wildman–Crippen MR) is 69.1 cm³/mol. The van der Waals surface area contributed by atoms with Gasteiger partial charge in [-0.05, 0) is 44.5 Å². The van der Waals surface area contributed by atoms with Gasteiger partial charge in [-0.2, -0.15) is 0 Å². The van der Waals surface area contributed by atoms with Crippen LogP contribution < -0.4 is 5.32 Å². The zero-order valence-electron chi connectivity index (χ0n) is 10.9. The maximum Gasteiger partial charge on any atom is 0.257 e. The van der Waals surface area contributed by atoms with Crippen LogP contribution in [0.2, 0.25) is 0 Å². The van der Waals surface area contributed by atoms with E-state index in [2.05, 4.69) is 5.32 Å². The minimum absolute atomic E-state index is 0.184. The molecule has 0 bridgehead atoms. The van der Waals surface area contributed by atoms with Gasteiger partial charge in [0.2, 0.25) is 0 Å². The SMILES string of the molecule is CNCC1CCCN1C(=O)c1ccc(C)cc1F. The van der Waals surface area contributed by atoms with Crippen molar-refractivity contribution in [2.75, 3.05) is 20.1 Å². The summed E-state index contributed by atoms with van der Waals surface area (Å²) in [4.78, 5) is 14.1. The predicted octanol–water partition coefficient (Wildman–Crippen LogP) is 1.96. The van der Waals surface area contributed by atoms with E-state index in [0.29, 0.717) is 0 Å². The fourth-order valence-electron chi connectivity index (χ4n) is 2.50. The quantitative estimate of drug-likeness (QED) is 0.889. The van der Waals surface area contributed by atoms with Crippen molar-refractivity contribution in [3.05, 3.63) is 35.1 Å². The summed E-state index contributed by atoms with van der Waals surface area (Å²) >= 11 is 0. The highest BCUT2D eigenvalue weighted by Gasteiger charge is 2.29. The summed E-state index contributed by atoms with van der Waals surface area (Å²) in [7, 11) is 1.87. The second-order valence-corrected chi connectivity index (χ2v) is 4.84. The maximum absolute atomic E-state index is 13.8. The average Bonchev–Trinajstić information content (AvgIpc) is 2.77. The molecule has 0 radical (unpaired) electrons. The summed E-state index contributed by atoms with van der Waals surface area (Å²) in [6, 6.07) is 4.96. The van der Waals surface area contributed by atoms with Gasteiger partial charge >= 0.3 is 0 Å². The largest absolute Gasteiger partial charge is 0.334 e. The van der Waals surface area contributed by atoms with Crippen LogP contribution in [0.25, 0.3) is 0 Å². The first kappa shape index (κ1) is 13.0. The van der Waals surface area contributed by atoms with Gasteiger partial charge in [0.1, 0.15) is 5.82 Å². The molecular weight excluding hydrogens is 231 g/mol. The number of carbonyl (C=O) groups is 1. The van der Waals surface area contributed by atoms with Crippen molar-refractivity contribution in [3.8, 4) is 0 Å². The zero-order valence-corrected chi connectivity index (χ0v) is 10.9. The minimum Gasteiger partial charge on any atom is -0.334 e. The Kier molecular flexibility index (Phi) is 3.97. The van der Waals surface area contributed by atoms with E-state index in [-0.39, 0.29) is 17.5 Å². The number of hydrogen-bond acceptors (Lipinski definition) is 2. The third-order valence-electron chi connectivity index (χ3n) is 3.43. The lowest BCUT2D eigenvalue weighted by molar-refractivity contribution is 0.0732. The Morgan fingerprint density at radius 2 is 2.33 bits per heavy atom. The molecular formula is C14H19FN2O. The number of hydrogen-bond donors (Lipinski definition) is 1. The summed E-state index contributed by atoms with van der Waals surface area (Å²) in [5.41, 5.74) is 1.01. The summed E-state index contributed by atoms with van der Waals surface area (Å²) in [5, 5.41) is 3.08. The third kappa shape index (κ3) is 2.53. The normalized spacial score (nSPS) is 19.3. The third-order valence-corrected chi connectivity index (χ3v) is 3.43. The van der Waals surface area contributed by atoms with E-state index < -0.39 is 5.82 Å². The molecule has 0 aromatic heterocycles. The van der Waals surface area contributed by atoms with Crippen molar-refractivity contribution in [1.29, 1.82) is 0 Å². The van der Waals surface area contributed by atoms with E-state index in [0.717, 1.165) is 31.5 Å². The first-order chi connectivity index (χ1) is 8.63. The van der Waals surface area contributed by atoms with Gasteiger partial charge in [0.05, 0.1) is 5.56 Å². The number of benzene rings is 1.